The number of rotatable bonds is 3. The lowest BCUT2D eigenvalue weighted by Gasteiger charge is -2.18. The van der Waals surface area contributed by atoms with Crippen molar-refractivity contribution in [2.24, 2.45) is 0 Å². The molecule has 104 valence electrons. The molecule has 1 aromatic carbocycles. The molecule has 3 N–H and O–H groups in total. The van der Waals surface area contributed by atoms with E-state index in [0.717, 1.165) is 24.1 Å². The van der Waals surface area contributed by atoms with Crippen molar-refractivity contribution in [3.63, 3.8) is 0 Å². The van der Waals surface area contributed by atoms with Crippen LogP contribution >= 0.6 is 0 Å². The Bertz CT molecular complexity index is 648. The predicted molar refractivity (Wildman–Crippen MR) is 72.8 cm³/mol. The number of aromatic amines is 1. The molecule has 20 heavy (non-hydrogen) atoms. The summed E-state index contributed by atoms with van der Waals surface area (Å²) in [4.78, 5) is 12.0. The van der Waals surface area contributed by atoms with Crippen molar-refractivity contribution in [2.75, 3.05) is 5.32 Å². The Morgan fingerprint density at radius 3 is 2.80 bits per heavy atom. The number of benzene rings is 1. The Labute approximate surface area is 115 Å². The molecule has 6 heteroatoms. The van der Waals surface area contributed by atoms with E-state index in [1.54, 1.807) is 12.1 Å². The summed E-state index contributed by atoms with van der Waals surface area (Å²) < 4.78 is 13.3. The van der Waals surface area contributed by atoms with Gasteiger partial charge in [-0.3, -0.25) is 10.4 Å². The summed E-state index contributed by atoms with van der Waals surface area (Å²) in [6, 6.07) is 7.74. The molecule has 0 aliphatic heterocycles. The van der Waals surface area contributed by atoms with Crippen LogP contribution in [-0.4, -0.2) is 16.2 Å². The summed E-state index contributed by atoms with van der Waals surface area (Å²) >= 11 is 0. The first-order chi connectivity index (χ1) is 9.57. The summed E-state index contributed by atoms with van der Waals surface area (Å²) in [6.45, 7) is 1.85. The predicted octanol–water partition coefficient (Wildman–Crippen LogP) is 2.67. The number of amides is 2. The van der Waals surface area contributed by atoms with Gasteiger partial charge in [-0.1, -0.05) is 12.1 Å². The monoisotopic (exact) mass is 274 g/mol. The van der Waals surface area contributed by atoms with Gasteiger partial charge < -0.3 is 5.32 Å². The number of anilines is 1. The minimum Gasteiger partial charge on any atom is -0.328 e. The number of nitrogens with one attached hydrogen (secondary N) is 3. The highest BCUT2D eigenvalue weighted by atomic mass is 19.1. The van der Waals surface area contributed by atoms with E-state index in [4.69, 9.17) is 0 Å². The van der Waals surface area contributed by atoms with E-state index in [2.05, 4.69) is 20.8 Å². The normalized spacial score (nSPS) is 15.7. The lowest BCUT2D eigenvalue weighted by Crippen LogP contribution is -2.38. The highest BCUT2D eigenvalue weighted by molar-refractivity contribution is 5.89. The van der Waals surface area contributed by atoms with Crippen LogP contribution in [0.15, 0.2) is 30.3 Å². The molecule has 0 saturated heterocycles. The SMILES string of the molecule is Cc1cc(NC(=O)NC2(c3cccc(F)c3)CC2)n[nH]1. The van der Waals surface area contributed by atoms with E-state index in [1.165, 1.54) is 12.1 Å². The fourth-order valence-electron chi connectivity index (χ4n) is 2.24. The van der Waals surface area contributed by atoms with Gasteiger partial charge in [0.25, 0.3) is 0 Å². The first-order valence-electron chi connectivity index (χ1n) is 6.45. The van der Waals surface area contributed by atoms with Gasteiger partial charge in [-0.05, 0) is 37.5 Å². The molecule has 2 amide bonds. The molecule has 1 heterocycles. The number of carbonyl (C=O) groups is 1. The maximum atomic E-state index is 13.3. The number of urea groups is 1. The quantitative estimate of drug-likeness (QED) is 0.805. The van der Waals surface area contributed by atoms with Crippen molar-refractivity contribution in [1.29, 1.82) is 0 Å². The van der Waals surface area contributed by atoms with Crippen LogP contribution in [-0.2, 0) is 5.54 Å². The largest absolute Gasteiger partial charge is 0.328 e. The third-order valence-electron chi connectivity index (χ3n) is 3.43. The van der Waals surface area contributed by atoms with Gasteiger partial charge >= 0.3 is 6.03 Å². The van der Waals surface area contributed by atoms with E-state index >= 15 is 0 Å². The van der Waals surface area contributed by atoms with Crippen LogP contribution in [0.3, 0.4) is 0 Å². The first-order valence-corrected chi connectivity index (χ1v) is 6.45. The zero-order valence-corrected chi connectivity index (χ0v) is 11.0. The Morgan fingerprint density at radius 1 is 1.40 bits per heavy atom. The van der Waals surface area contributed by atoms with Crippen LogP contribution in [0.5, 0.6) is 0 Å². The Morgan fingerprint density at radius 2 is 2.20 bits per heavy atom. The molecule has 1 saturated carbocycles. The van der Waals surface area contributed by atoms with Crippen molar-refractivity contribution in [1.82, 2.24) is 15.5 Å². The van der Waals surface area contributed by atoms with Crippen LogP contribution < -0.4 is 10.6 Å². The third-order valence-corrected chi connectivity index (χ3v) is 3.43. The minimum atomic E-state index is -0.447. The van der Waals surface area contributed by atoms with Crippen molar-refractivity contribution in [2.45, 2.75) is 25.3 Å². The van der Waals surface area contributed by atoms with Crippen LogP contribution in [0.2, 0.25) is 0 Å². The Hall–Kier alpha value is -2.37. The van der Waals surface area contributed by atoms with Crippen LogP contribution in [0.1, 0.15) is 24.1 Å². The molecule has 2 aromatic rings. The second-order valence-corrected chi connectivity index (χ2v) is 5.11. The van der Waals surface area contributed by atoms with E-state index in [9.17, 15) is 9.18 Å². The van der Waals surface area contributed by atoms with E-state index in [1.807, 2.05) is 13.0 Å². The molecule has 0 atom stereocenters. The second-order valence-electron chi connectivity index (χ2n) is 5.11. The zero-order chi connectivity index (χ0) is 14.2. The number of aryl methyl sites for hydroxylation is 1. The Balaban J connectivity index is 1.69. The molecular formula is C14H15FN4O. The highest BCUT2D eigenvalue weighted by Crippen LogP contribution is 2.45. The molecular weight excluding hydrogens is 259 g/mol. The number of H-pyrrole nitrogens is 1. The summed E-state index contributed by atoms with van der Waals surface area (Å²) in [5, 5.41) is 12.2. The topological polar surface area (TPSA) is 69.8 Å². The van der Waals surface area contributed by atoms with Crippen molar-refractivity contribution < 1.29 is 9.18 Å². The zero-order valence-electron chi connectivity index (χ0n) is 11.0. The van der Waals surface area contributed by atoms with E-state index in [-0.39, 0.29) is 11.8 Å². The highest BCUT2D eigenvalue weighted by Gasteiger charge is 2.45. The maximum absolute atomic E-state index is 13.3. The van der Waals surface area contributed by atoms with Crippen molar-refractivity contribution in [3.05, 3.63) is 47.4 Å². The summed E-state index contributed by atoms with van der Waals surface area (Å²) in [5.41, 5.74) is 1.22. The molecule has 1 aromatic heterocycles. The lowest BCUT2D eigenvalue weighted by molar-refractivity contribution is 0.247. The average molecular weight is 274 g/mol. The van der Waals surface area contributed by atoms with E-state index < -0.39 is 5.54 Å². The third kappa shape index (κ3) is 2.49. The van der Waals surface area contributed by atoms with Gasteiger partial charge in [-0.25, -0.2) is 9.18 Å². The minimum absolute atomic E-state index is 0.293. The van der Waals surface area contributed by atoms with Crippen molar-refractivity contribution in [3.8, 4) is 0 Å². The summed E-state index contributed by atoms with van der Waals surface area (Å²) in [5.74, 6) is 0.175. The lowest BCUT2D eigenvalue weighted by atomic mass is 10.1. The van der Waals surface area contributed by atoms with Crippen LogP contribution in [0.4, 0.5) is 15.0 Å². The van der Waals surface area contributed by atoms with Crippen molar-refractivity contribution >= 4 is 11.8 Å². The summed E-state index contributed by atoms with van der Waals surface area (Å²) in [6.07, 6.45) is 1.62. The molecule has 0 radical (unpaired) electrons. The van der Waals surface area contributed by atoms with Gasteiger partial charge in [0.1, 0.15) is 5.82 Å². The molecule has 0 spiro atoms. The average Bonchev–Trinajstić information content (AvgIpc) is 3.06. The summed E-state index contributed by atoms with van der Waals surface area (Å²) in [7, 11) is 0. The first kappa shape index (κ1) is 12.7. The maximum Gasteiger partial charge on any atom is 0.321 e. The van der Waals surface area contributed by atoms with Gasteiger partial charge in [-0.15, -0.1) is 0 Å². The van der Waals surface area contributed by atoms with Crippen LogP contribution in [0.25, 0.3) is 0 Å². The molecule has 1 aliphatic rings. The van der Waals surface area contributed by atoms with Gasteiger partial charge in [0.2, 0.25) is 0 Å². The van der Waals surface area contributed by atoms with Gasteiger partial charge in [0.15, 0.2) is 5.82 Å². The number of aromatic nitrogens is 2. The molecule has 1 aliphatic carbocycles. The fraction of sp³-hybridized carbons (Fsp3) is 0.286. The van der Waals surface area contributed by atoms with Gasteiger partial charge in [0, 0.05) is 11.8 Å². The number of hydrogen-bond acceptors (Lipinski definition) is 2. The Kier molecular flexibility index (Phi) is 2.93. The van der Waals surface area contributed by atoms with E-state index in [0.29, 0.717) is 5.82 Å². The molecule has 0 unspecified atom stereocenters. The number of hydrogen-bond donors (Lipinski definition) is 3. The number of halogens is 1. The fourth-order valence-corrected chi connectivity index (χ4v) is 2.24. The molecule has 0 bridgehead atoms. The standard InChI is InChI=1S/C14H15FN4O/c1-9-7-12(19-18-9)16-13(20)17-14(5-6-14)10-3-2-4-11(15)8-10/h2-4,7-8H,5-6H2,1H3,(H3,16,17,18,19,20). The number of carbonyl (C=O) groups excluding carboxylic acids is 1. The smallest absolute Gasteiger partial charge is 0.321 e. The number of nitrogens with zero attached hydrogens (tertiary/aromatic N) is 1. The molecule has 5 nitrogen and oxygen atoms in total. The second kappa shape index (κ2) is 4.63. The van der Waals surface area contributed by atoms with Gasteiger partial charge in [-0.2, -0.15) is 5.10 Å². The van der Waals surface area contributed by atoms with Crippen LogP contribution in [0, 0.1) is 12.7 Å². The molecule has 1 fully saturated rings. The molecule has 3 rings (SSSR count). The van der Waals surface area contributed by atoms with Gasteiger partial charge in [0.05, 0.1) is 5.54 Å².